The number of anilines is 1. The number of carbonyl (C=O) groups is 1. The highest BCUT2D eigenvalue weighted by Crippen LogP contribution is 2.47. The Hall–Kier alpha value is -2.31. The van der Waals surface area contributed by atoms with Crippen molar-refractivity contribution in [1.29, 1.82) is 0 Å². The van der Waals surface area contributed by atoms with E-state index in [1.807, 2.05) is 49.8 Å². The molecule has 1 amide bonds. The molecule has 2 aliphatic rings. The van der Waals surface area contributed by atoms with Crippen molar-refractivity contribution in [2.75, 3.05) is 18.0 Å². The van der Waals surface area contributed by atoms with Crippen molar-refractivity contribution in [2.45, 2.75) is 64.5 Å². The lowest BCUT2D eigenvalue weighted by Gasteiger charge is -2.43. The predicted molar refractivity (Wildman–Crippen MR) is 104 cm³/mol. The number of rotatable bonds is 2. The number of piperidine rings is 1. The summed E-state index contributed by atoms with van der Waals surface area (Å²) in [5.74, 6) is 0.953. The molecule has 1 N–H and O–H groups in total. The molecule has 1 atom stereocenters. The van der Waals surface area contributed by atoms with Crippen LogP contribution in [0.3, 0.4) is 0 Å². The zero-order chi connectivity index (χ0) is 19.1. The van der Waals surface area contributed by atoms with Gasteiger partial charge in [0, 0.05) is 37.7 Å². The molecule has 0 unspecified atom stereocenters. The van der Waals surface area contributed by atoms with Crippen LogP contribution in [0.5, 0.6) is 0 Å². The third kappa shape index (κ3) is 3.59. The first-order valence-electron chi connectivity index (χ1n) is 9.89. The molecule has 7 nitrogen and oxygen atoms in total. The Morgan fingerprint density at radius 2 is 2.00 bits per heavy atom. The second-order valence-electron chi connectivity index (χ2n) is 8.84. The summed E-state index contributed by atoms with van der Waals surface area (Å²) in [7, 11) is 0. The van der Waals surface area contributed by atoms with Gasteiger partial charge in [0.1, 0.15) is 11.2 Å². The number of alkyl carbamates (subject to hydrolysis) is 1. The molecule has 146 valence electrons. The van der Waals surface area contributed by atoms with Crippen LogP contribution in [-0.4, -0.2) is 45.2 Å². The number of carbonyl (C=O) groups excluding carboxylic acids is 1. The molecule has 4 rings (SSSR count). The molecule has 1 spiro atoms. The van der Waals surface area contributed by atoms with Gasteiger partial charge in [-0.2, -0.15) is 0 Å². The van der Waals surface area contributed by atoms with Gasteiger partial charge >= 0.3 is 6.09 Å². The van der Waals surface area contributed by atoms with Gasteiger partial charge in [-0.05, 0) is 57.9 Å². The number of fused-ring (bicyclic) bond motifs is 1. The number of hydrogen-bond donors (Lipinski definition) is 1. The average molecular weight is 371 g/mol. The Balaban J connectivity index is 1.44. The Morgan fingerprint density at radius 3 is 2.74 bits per heavy atom. The first-order chi connectivity index (χ1) is 12.9. The van der Waals surface area contributed by atoms with E-state index in [-0.39, 0.29) is 17.6 Å². The summed E-state index contributed by atoms with van der Waals surface area (Å²) in [5, 5.41) is 3.17. The molecule has 0 radical (unpaired) electrons. The topological polar surface area (TPSA) is 71.8 Å². The Labute approximate surface area is 160 Å². The van der Waals surface area contributed by atoms with Crippen molar-refractivity contribution in [2.24, 2.45) is 5.41 Å². The molecule has 1 saturated heterocycles. The van der Waals surface area contributed by atoms with E-state index in [4.69, 9.17) is 4.74 Å². The molecular formula is C20H29N5O2. The van der Waals surface area contributed by atoms with E-state index in [0.717, 1.165) is 50.4 Å². The van der Waals surface area contributed by atoms with Crippen molar-refractivity contribution in [3.05, 3.63) is 24.7 Å². The standard InChI is InChI=1S/C20H29N5O2/c1-19(2,3)27-18(26)23-15-5-4-7-20(15)8-12-24(13-9-20)17-22-10-6-16-21-11-14-25(16)17/h6,10-11,14-15H,4-5,7-9,12-13H2,1-3H3,(H,23,26)/t15-/m1/s1. The number of hydrogen-bond acceptors (Lipinski definition) is 5. The lowest BCUT2D eigenvalue weighted by molar-refractivity contribution is 0.0442. The fourth-order valence-corrected chi connectivity index (χ4v) is 4.64. The summed E-state index contributed by atoms with van der Waals surface area (Å²) in [5.41, 5.74) is 0.635. The highest BCUT2D eigenvalue weighted by Gasteiger charge is 2.46. The van der Waals surface area contributed by atoms with E-state index in [1.165, 1.54) is 6.42 Å². The SMILES string of the molecule is CC(C)(C)OC(=O)N[C@@H]1CCCC12CCN(c1nccc3nccn13)CC2. The number of nitrogens with zero attached hydrogens (tertiary/aromatic N) is 4. The largest absolute Gasteiger partial charge is 0.444 e. The van der Waals surface area contributed by atoms with Crippen LogP contribution in [0.1, 0.15) is 52.9 Å². The monoisotopic (exact) mass is 371 g/mol. The van der Waals surface area contributed by atoms with Crippen LogP contribution in [0.15, 0.2) is 24.7 Å². The van der Waals surface area contributed by atoms with E-state index in [2.05, 4.69) is 20.2 Å². The van der Waals surface area contributed by atoms with Crippen LogP contribution in [-0.2, 0) is 4.74 Å². The molecule has 1 saturated carbocycles. The Kier molecular flexibility index (Phi) is 4.48. The minimum atomic E-state index is -0.464. The summed E-state index contributed by atoms with van der Waals surface area (Å²) >= 11 is 0. The zero-order valence-electron chi connectivity index (χ0n) is 16.4. The van der Waals surface area contributed by atoms with E-state index in [0.29, 0.717) is 0 Å². The quantitative estimate of drug-likeness (QED) is 0.876. The molecule has 1 aliphatic heterocycles. The van der Waals surface area contributed by atoms with E-state index in [1.54, 1.807) is 0 Å². The minimum Gasteiger partial charge on any atom is -0.444 e. The smallest absolute Gasteiger partial charge is 0.407 e. The molecule has 7 heteroatoms. The first-order valence-corrected chi connectivity index (χ1v) is 9.89. The predicted octanol–water partition coefficient (Wildman–Crippen LogP) is 3.39. The van der Waals surface area contributed by atoms with Gasteiger partial charge in [-0.1, -0.05) is 6.42 Å². The maximum atomic E-state index is 12.3. The van der Waals surface area contributed by atoms with Crippen molar-refractivity contribution in [1.82, 2.24) is 19.7 Å². The summed E-state index contributed by atoms with van der Waals surface area (Å²) in [4.78, 5) is 23.6. The van der Waals surface area contributed by atoms with Gasteiger partial charge in [-0.3, -0.25) is 4.40 Å². The van der Waals surface area contributed by atoms with Crippen LogP contribution in [0.4, 0.5) is 10.7 Å². The number of imidazole rings is 1. The molecule has 2 aromatic rings. The van der Waals surface area contributed by atoms with Crippen LogP contribution < -0.4 is 10.2 Å². The second kappa shape index (κ2) is 6.69. The Morgan fingerprint density at radius 1 is 1.22 bits per heavy atom. The summed E-state index contributed by atoms with van der Waals surface area (Å²) in [6.45, 7) is 7.59. The summed E-state index contributed by atoms with van der Waals surface area (Å²) in [6, 6.07) is 2.12. The number of nitrogens with one attached hydrogen (secondary N) is 1. The molecule has 2 aromatic heterocycles. The van der Waals surface area contributed by atoms with Gasteiger partial charge in [0.15, 0.2) is 0 Å². The van der Waals surface area contributed by atoms with Gasteiger partial charge < -0.3 is 15.0 Å². The molecule has 0 bridgehead atoms. The molecular weight excluding hydrogens is 342 g/mol. The minimum absolute atomic E-state index is 0.177. The first kappa shape index (κ1) is 18.1. The van der Waals surface area contributed by atoms with E-state index < -0.39 is 5.60 Å². The third-order valence-electron chi connectivity index (χ3n) is 5.94. The van der Waals surface area contributed by atoms with Gasteiger partial charge in [-0.15, -0.1) is 0 Å². The molecule has 2 fully saturated rings. The highest BCUT2D eigenvalue weighted by molar-refractivity contribution is 5.68. The van der Waals surface area contributed by atoms with Crippen LogP contribution in [0, 0.1) is 5.41 Å². The van der Waals surface area contributed by atoms with Crippen molar-refractivity contribution in [3.8, 4) is 0 Å². The fraction of sp³-hybridized carbons (Fsp3) is 0.650. The van der Waals surface area contributed by atoms with Gasteiger partial charge in [0.25, 0.3) is 0 Å². The molecule has 27 heavy (non-hydrogen) atoms. The third-order valence-corrected chi connectivity index (χ3v) is 5.94. The van der Waals surface area contributed by atoms with E-state index >= 15 is 0 Å². The zero-order valence-corrected chi connectivity index (χ0v) is 16.4. The van der Waals surface area contributed by atoms with Crippen molar-refractivity contribution < 1.29 is 9.53 Å². The maximum absolute atomic E-state index is 12.3. The normalized spacial score (nSPS) is 22.3. The lowest BCUT2D eigenvalue weighted by atomic mass is 9.74. The van der Waals surface area contributed by atoms with Gasteiger partial charge in [0.05, 0.1) is 0 Å². The maximum Gasteiger partial charge on any atom is 0.407 e. The average Bonchev–Trinajstić information content (AvgIpc) is 3.22. The fourth-order valence-electron chi connectivity index (χ4n) is 4.64. The highest BCUT2D eigenvalue weighted by atomic mass is 16.6. The molecule has 3 heterocycles. The molecule has 0 aromatic carbocycles. The van der Waals surface area contributed by atoms with Crippen LogP contribution >= 0.6 is 0 Å². The van der Waals surface area contributed by atoms with Gasteiger partial charge in [0.2, 0.25) is 5.95 Å². The lowest BCUT2D eigenvalue weighted by Crippen LogP contribution is -2.51. The number of ether oxygens (including phenoxy) is 1. The Bertz CT molecular complexity index is 817. The van der Waals surface area contributed by atoms with Gasteiger partial charge in [-0.25, -0.2) is 14.8 Å². The van der Waals surface area contributed by atoms with Crippen LogP contribution in [0.2, 0.25) is 0 Å². The van der Waals surface area contributed by atoms with E-state index in [9.17, 15) is 4.79 Å². The second-order valence-corrected chi connectivity index (χ2v) is 8.84. The number of aromatic nitrogens is 3. The van der Waals surface area contributed by atoms with Crippen molar-refractivity contribution >= 4 is 17.7 Å². The number of amides is 1. The van der Waals surface area contributed by atoms with Crippen molar-refractivity contribution in [3.63, 3.8) is 0 Å². The summed E-state index contributed by atoms with van der Waals surface area (Å²) in [6.07, 6.45) is 10.8. The molecule has 1 aliphatic carbocycles. The van der Waals surface area contributed by atoms with Crippen LogP contribution in [0.25, 0.3) is 5.65 Å². The summed E-state index contributed by atoms with van der Waals surface area (Å²) < 4.78 is 7.53.